The Kier molecular flexibility index (Phi) is 6.92. The molecule has 0 spiro atoms. The Labute approximate surface area is 259 Å². The number of anilines is 2. The molecule has 0 amide bonds. The molecule has 222 valence electrons. The third kappa shape index (κ3) is 5.38. The second-order valence-electron chi connectivity index (χ2n) is 11.3. The fourth-order valence-electron chi connectivity index (χ4n) is 6.17. The van der Waals surface area contributed by atoms with E-state index in [4.69, 9.17) is 4.74 Å². The average Bonchev–Trinajstić information content (AvgIpc) is 3.65. The van der Waals surface area contributed by atoms with E-state index < -0.39 is 0 Å². The van der Waals surface area contributed by atoms with Crippen molar-refractivity contribution in [2.75, 3.05) is 18.4 Å². The highest BCUT2D eigenvalue weighted by atomic mass is 19.1. The van der Waals surface area contributed by atoms with E-state index in [0.717, 1.165) is 46.5 Å². The molecule has 0 saturated carbocycles. The van der Waals surface area contributed by atoms with Crippen molar-refractivity contribution in [3.8, 4) is 5.75 Å². The molecular weight excluding hydrogens is 565 g/mol. The Morgan fingerprint density at radius 2 is 1.62 bits per heavy atom. The fraction of sp³-hybridized carbons (Fsp3) is 0.139. The van der Waals surface area contributed by atoms with Crippen molar-refractivity contribution in [1.82, 2.24) is 29.3 Å². The zero-order valence-electron chi connectivity index (χ0n) is 24.4. The maximum Gasteiger partial charge on any atom is 0.162 e. The van der Waals surface area contributed by atoms with Gasteiger partial charge in [-0.15, -0.1) is 0 Å². The van der Waals surface area contributed by atoms with Crippen molar-refractivity contribution in [3.05, 3.63) is 150 Å². The third-order valence-corrected chi connectivity index (χ3v) is 8.31. The lowest BCUT2D eigenvalue weighted by Gasteiger charge is -2.44. The molecule has 8 nitrogen and oxygen atoms in total. The quantitative estimate of drug-likeness (QED) is 0.197. The number of hydrogen-bond acceptors (Lipinski definition) is 6. The number of benzene rings is 4. The monoisotopic (exact) mass is 595 g/mol. The molecule has 0 aliphatic carbocycles. The van der Waals surface area contributed by atoms with Crippen LogP contribution in [0.25, 0.3) is 16.4 Å². The number of hydrogen-bond donors (Lipinski definition) is 1. The topological polar surface area (TPSA) is 72.5 Å². The number of rotatable bonds is 9. The molecule has 0 radical (unpaired) electrons. The van der Waals surface area contributed by atoms with Crippen LogP contribution >= 0.6 is 0 Å². The molecule has 0 unspecified atom stereocenters. The smallest absolute Gasteiger partial charge is 0.162 e. The van der Waals surface area contributed by atoms with Gasteiger partial charge in [0.25, 0.3) is 0 Å². The summed E-state index contributed by atoms with van der Waals surface area (Å²) < 4.78 is 23.9. The molecule has 3 aromatic heterocycles. The summed E-state index contributed by atoms with van der Waals surface area (Å²) >= 11 is 0. The summed E-state index contributed by atoms with van der Waals surface area (Å²) in [7, 11) is 0. The molecule has 1 saturated heterocycles. The fourth-order valence-corrected chi connectivity index (χ4v) is 6.17. The Bertz CT molecular complexity index is 2050. The molecule has 1 aliphatic rings. The van der Waals surface area contributed by atoms with E-state index in [-0.39, 0.29) is 18.0 Å². The van der Waals surface area contributed by atoms with Crippen molar-refractivity contribution in [1.29, 1.82) is 0 Å². The number of fused-ring (bicyclic) bond motifs is 2. The van der Waals surface area contributed by atoms with Crippen LogP contribution in [-0.2, 0) is 6.54 Å². The van der Waals surface area contributed by atoms with Gasteiger partial charge in [-0.3, -0.25) is 9.58 Å². The van der Waals surface area contributed by atoms with Crippen molar-refractivity contribution in [2.45, 2.75) is 18.7 Å². The first kappa shape index (κ1) is 27.0. The minimum atomic E-state index is -0.251. The second-order valence-corrected chi connectivity index (χ2v) is 11.3. The van der Waals surface area contributed by atoms with E-state index in [1.54, 1.807) is 10.6 Å². The lowest BCUT2D eigenvalue weighted by atomic mass is 9.94. The Balaban J connectivity index is 1.000. The van der Waals surface area contributed by atoms with Crippen molar-refractivity contribution in [3.63, 3.8) is 0 Å². The molecule has 7 aromatic rings. The van der Waals surface area contributed by atoms with Gasteiger partial charge in [0, 0.05) is 36.4 Å². The molecule has 45 heavy (non-hydrogen) atoms. The number of aromatic nitrogens is 5. The normalized spacial score (nSPS) is 13.8. The third-order valence-electron chi connectivity index (χ3n) is 8.31. The van der Waals surface area contributed by atoms with E-state index in [1.807, 2.05) is 47.4 Å². The molecular formula is C36H30FN7O. The molecule has 8 rings (SSSR count). The van der Waals surface area contributed by atoms with Crippen LogP contribution in [0.15, 0.2) is 128 Å². The van der Waals surface area contributed by atoms with Gasteiger partial charge in [-0.05, 0) is 47.0 Å². The summed E-state index contributed by atoms with van der Waals surface area (Å²) in [6.07, 6.45) is 5.29. The van der Waals surface area contributed by atoms with E-state index in [2.05, 4.69) is 86.1 Å². The maximum absolute atomic E-state index is 13.7. The second kappa shape index (κ2) is 11.5. The standard InChI is InChI=1S/C36H30FN7O/c37-29-13-7-8-25(18-29)21-44-32-15-14-30(19-28(32)20-39-44)41-36-35-33(16-17-43(35)40-24-38-36)45-31-22-42(23-31)34(26-9-3-1-4-10-26)27-11-5-2-6-12-27/h1-20,24,31,34H,21-23H2,(H,38,40,41). The van der Waals surface area contributed by atoms with Crippen molar-refractivity contribution in [2.24, 2.45) is 0 Å². The molecule has 9 heteroatoms. The van der Waals surface area contributed by atoms with Crippen LogP contribution in [0.4, 0.5) is 15.9 Å². The molecule has 0 bridgehead atoms. The van der Waals surface area contributed by atoms with Gasteiger partial charge in [-0.1, -0.05) is 72.8 Å². The summed E-state index contributed by atoms with van der Waals surface area (Å²) in [6, 6.07) is 36.0. The van der Waals surface area contributed by atoms with Gasteiger partial charge in [0.1, 0.15) is 23.8 Å². The van der Waals surface area contributed by atoms with Crippen LogP contribution in [0.2, 0.25) is 0 Å². The predicted molar refractivity (Wildman–Crippen MR) is 172 cm³/mol. The van der Waals surface area contributed by atoms with E-state index in [1.165, 1.54) is 29.6 Å². The van der Waals surface area contributed by atoms with Crippen molar-refractivity contribution < 1.29 is 9.13 Å². The van der Waals surface area contributed by atoms with Crippen molar-refractivity contribution >= 4 is 27.9 Å². The highest BCUT2D eigenvalue weighted by molar-refractivity contribution is 5.86. The zero-order valence-corrected chi connectivity index (χ0v) is 24.4. The number of nitrogens with zero attached hydrogens (tertiary/aromatic N) is 6. The Morgan fingerprint density at radius 3 is 2.38 bits per heavy atom. The Morgan fingerprint density at radius 1 is 0.844 bits per heavy atom. The van der Waals surface area contributed by atoms with Crippen LogP contribution in [0.5, 0.6) is 5.75 Å². The minimum Gasteiger partial charge on any atom is -0.485 e. The molecule has 1 N–H and O–H groups in total. The number of nitrogens with one attached hydrogen (secondary N) is 1. The lowest BCUT2D eigenvalue weighted by Crippen LogP contribution is -2.55. The molecule has 4 heterocycles. The SMILES string of the molecule is Fc1cccc(Cn2ncc3cc(Nc4ncnn5ccc(OC6CN(C(c7ccccc7)c7ccccc7)C6)c45)ccc32)c1. The molecule has 1 aliphatic heterocycles. The van der Waals surface area contributed by atoms with Crippen LogP contribution in [0, 0.1) is 5.82 Å². The first-order valence-corrected chi connectivity index (χ1v) is 15.0. The number of likely N-dealkylation sites (tertiary alicyclic amines) is 1. The maximum atomic E-state index is 13.7. The predicted octanol–water partition coefficient (Wildman–Crippen LogP) is 6.86. The number of halogens is 1. The highest BCUT2D eigenvalue weighted by Gasteiger charge is 2.36. The first-order valence-electron chi connectivity index (χ1n) is 15.0. The zero-order chi connectivity index (χ0) is 30.2. The van der Waals surface area contributed by atoms with Gasteiger partial charge in [0.05, 0.1) is 24.3 Å². The van der Waals surface area contributed by atoms with Gasteiger partial charge in [0.15, 0.2) is 11.6 Å². The van der Waals surface area contributed by atoms with Crippen LogP contribution in [0.1, 0.15) is 22.7 Å². The summed E-state index contributed by atoms with van der Waals surface area (Å²) in [6.45, 7) is 2.10. The minimum absolute atomic E-state index is 0.0412. The first-order chi connectivity index (χ1) is 22.2. The number of ether oxygens (including phenoxy) is 1. The molecule has 1 fully saturated rings. The summed E-state index contributed by atoms with van der Waals surface area (Å²) in [5, 5.41) is 13.4. The summed E-state index contributed by atoms with van der Waals surface area (Å²) in [5.74, 6) is 1.14. The average molecular weight is 596 g/mol. The van der Waals surface area contributed by atoms with E-state index >= 15 is 0 Å². The van der Waals surface area contributed by atoms with E-state index in [9.17, 15) is 4.39 Å². The van der Waals surface area contributed by atoms with E-state index in [0.29, 0.717) is 12.4 Å². The lowest BCUT2D eigenvalue weighted by molar-refractivity contribution is 0.00115. The van der Waals surface area contributed by atoms with Crippen LogP contribution < -0.4 is 10.1 Å². The van der Waals surface area contributed by atoms with Gasteiger partial charge in [-0.25, -0.2) is 13.9 Å². The van der Waals surface area contributed by atoms with Gasteiger partial charge < -0.3 is 10.1 Å². The largest absolute Gasteiger partial charge is 0.485 e. The Hall–Kier alpha value is -5.54. The van der Waals surface area contributed by atoms with Crippen LogP contribution in [0.3, 0.4) is 0 Å². The van der Waals surface area contributed by atoms with Gasteiger partial charge in [0.2, 0.25) is 0 Å². The van der Waals surface area contributed by atoms with Gasteiger partial charge >= 0.3 is 0 Å². The molecule has 4 aromatic carbocycles. The molecule has 0 atom stereocenters. The highest BCUT2D eigenvalue weighted by Crippen LogP contribution is 2.35. The van der Waals surface area contributed by atoms with Gasteiger partial charge in [-0.2, -0.15) is 10.2 Å². The van der Waals surface area contributed by atoms with Crippen LogP contribution in [-0.4, -0.2) is 48.5 Å². The summed E-state index contributed by atoms with van der Waals surface area (Å²) in [5.41, 5.74) is 6.00. The summed E-state index contributed by atoms with van der Waals surface area (Å²) in [4.78, 5) is 7.02.